The van der Waals surface area contributed by atoms with Crippen LogP contribution >= 0.6 is 0 Å². The molecule has 12 nitrogen and oxygen atoms in total. The number of halogens is 1. The lowest BCUT2D eigenvalue weighted by Gasteiger charge is -2.43. The molecule has 2 aromatic heterocycles. The van der Waals surface area contributed by atoms with E-state index in [-0.39, 0.29) is 29.6 Å². The maximum atomic E-state index is 15.6. The minimum atomic E-state index is -0.581. The molecule has 0 spiro atoms. The average molecular weight is 696 g/mol. The van der Waals surface area contributed by atoms with Gasteiger partial charge in [0.1, 0.15) is 18.1 Å². The summed E-state index contributed by atoms with van der Waals surface area (Å²) in [5.41, 5.74) is 5.75. The molecule has 8 rings (SSSR count). The Kier molecular flexibility index (Phi) is 8.84. The van der Waals surface area contributed by atoms with E-state index in [0.29, 0.717) is 47.3 Å². The Bertz CT molecular complexity index is 2050. The molecule has 4 aliphatic rings. The maximum absolute atomic E-state index is 15.6. The molecule has 1 aliphatic carbocycles. The summed E-state index contributed by atoms with van der Waals surface area (Å²) in [7, 11) is 1.60. The van der Waals surface area contributed by atoms with Crippen LogP contribution in [0.5, 0.6) is 0 Å². The molecule has 0 bridgehead atoms. The van der Waals surface area contributed by atoms with Crippen LogP contribution in [0, 0.1) is 5.82 Å². The number of hydrogen-bond donors (Lipinski definition) is 1. The Balaban J connectivity index is 1.09. The first kappa shape index (κ1) is 33.2. The largest absolute Gasteiger partial charge is 0.461 e. The molecular formula is C38H42FN7O5. The zero-order chi connectivity index (χ0) is 35.2. The van der Waals surface area contributed by atoms with Gasteiger partial charge >= 0.3 is 5.97 Å². The quantitative estimate of drug-likeness (QED) is 0.270. The van der Waals surface area contributed by atoms with Crippen molar-refractivity contribution in [3.63, 3.8) is 0 Å². The lowest BCUT2D eigenvalue weighted by Crippen LogP contribution is -2.56. The van der Waals surface area contributed by atoms with Crippen LogP contribution in [0.4, 0.5) is 27.3 Å². The van der Waals surface area contributed by atoms with Crippen LogP contribution in [-0.4, -0.2) is 82.9 Å². The number of esters is 1. The summed E-state index contributed by atoms with van der Waals surface area (Å²) in [6.07, 6.45) is 5.60. The van der Waals surface area contributed by atoms with Gasteiger partial charge in [-0.25, -0.2) is 9.37 Å². The van der Waals surface area contributed by atoms with Crippen molar-refractivity contribution < 1.29 is 23.5 Å². The van der Waals surface area contributed by atoms with Crippen LogP contribution in [0.2, 0.25) is 0 Å². The van der Waals surface area contributed by atoms with Crippen molar-refractivity contribution in [3.05, 3.63) is 87.3 Å². The monoisotopic (exact) mass is 695 g/mol. The van der Waals surface area contributed by atoms with E-state index in [1.165, 1.54) is 41.1 Å². The summed E-state index contributed by atoms with van der Waals surface area (Å²) in [4.78, 5) is 50.5. The number of nitrogens with one attached hydrogen (secondary N) is 1. The molecule has 2 fully saturated rings. The van der Waals surface area contributed by atoms with Crippen LogP contribution in [-0.2, 0) is 47.3 Å². The normalized spacial score (nSPS) is 17.9. The van der Waals surface area contributed by atoms with E-state index in [0.717, 1.165) is 70.8 Å². The highest BCUT2D eigenvalue weighted by Crippen LogP contribution is 2.36. The molecule has 51 heavy (non-hydrogen) atoms. The number of ether oxygens (including phenoxy) is 2. The summed E-state index contributed by atoms with van der Waals surface area (Å²) in [6, 6.07) is 13.0. The van der Waals surface area contributed by atoms with Gasteiger partial charge in [0.05, 0.1) is 30.6 Å². The Morgan fingerprint density at radius 2 is 1.76 bits per heavy atom. The van der Waals surface area contributed by atoms with Gasteiger partial charge < -0.3 is 33.7 Å². The van der Waals surface area contributed by atoms with Gasteiger partial charge in [-0.1, -0.05) is 0 Å². The summed E-state index contributed by atoms with van der Waals surface area (Å²) in [6.45, 7) is 7.47. The van der Waals surface area contributed by atoms with Crippen molar-refractivity contribution in [1.29, 1.82) is 0 Å². The van der Waals surface area contributed by atoms with Gasteiger partial charge in [0, 0.05) is 87.6 Å². The van der Waals surface area contributed by atoms with E-state index in [1.807, 2.05) is 30.3 Å². The van der Waals surface area contributed by atoms with E-state index >= 15 is 4.39 Å². The SMILES string of the molecule is CC(=O)OCc1c(-c2cn(C)c(=O)c(Nc3ccc(N4CCN(C5COC5)CC4)cc3)n2)cc(F)cc1N1CCn2c(cc3c2CCCC3)C1=O. The van der Waals surface area contributed by atoms with Crippen LogP contribution in [0.3, 0.4) is 0 Å². The summed E-state index contributed by atoms with van der Waals surface area (Å²) >= 11 is 0. The number of aryl methyl sites for hydroxylation is 2. The molecule has 13 heteroatoms. The highest BCUT2D eigenvalue weighted by molar-refractivity contribution is 6.07. The number of carbonyl (C=O) groups is 2. The summed E-state index contributed by atoms with van der Waals surface area (Å²) in [5.74, 6) is -1.27. The molecule has 1 amide bonds. The fourth-order valence-electron chi connectivity index (χ4n) is 7.77. The van der Waals surface area contributed by atoms with Gasteiger partial charge in [0.2, 0.25) is 0 Å². The van der Waals surface area contributed by atoms with Gasteiger partial charge in [-0.15, -0.1) is 0 Å². The Hall–Kier alpha value is -5.01. The van der Waals surface area contributed by atoms with Crippen molar-refractivity contribution in [3.8, 4) is 11.3 Å². The van der Waals surface area contributed by atoms with Gasteiger partial charge in [-0.3, -0.25) is 19.3 Å². The molecule has 0 atom stereocenters. The third kappa shape index (κ3) is 6.40. The van der Waals surface area contributed by atoms with Crippen LogP contribution < -0.4 is 20.7 Å². The summed E-state index contributed by atoms with van der Waals surface area (Å²) < 4.78 is 29.9. The third-order valence-electron chi connectivity index (χ3n) is 10.6. The van der Waals surface area contributed by atoms with Crippen LogP contribution in [0.15, 0.2) is 53.5 Å². The molecule has 266 valence electrons. The second-order valence-electron chi connectivity index (χ2n) is 13.8. The van der Waals surface area contributed by atoms with Gasteiger partial charge in [0.25, 0.3) is 11.5 Å². The van der Waals surface area contributed by atoms with Crippen molar-refractivity contribution in [2.24, 2.45) is 7.05 Å². The van der Waals surface area contributed by atoms with E-state index in [2.05, 4.69) is 24.7 Å². The number of amides is 1. The van der Waals surface area contributed by atoms with E-state index in [1.54, 1.807) is 11.9 Å². The zero-order valence-electron chi connectivity index (χ0n) is 29.0. The Morgan fingerprint density at radius 3 is 2.49 bits per heavy atom. The topological polar surface area (TPSA) is 114 Å². The van der Waals surface area contributed by atoms with Crippen LogP contribution in [0.25, 0.3) is 11.3 Å². The maximum Gasteiger partial charge on any atom is 0.302 e. The minimum Gasteiger partial charge on any atom is -0.461 e. The highest BCUT2D eigenvalue weighted by atomic mass is 19.1. The second kappa shape index (κ2) is 13.6. The number of piperazine rings is 1. The number of nitrogens with zero attached hydrogens (tertiary/aromatic N) is 6. The zero-order valence-corrected chi connectivity index (χ0v) is 29.0. The first-order valence-electron chi connectivity index (χ1n) is 17.7. The second-order valence-corrected chi connectivity index (χ2v) is 13.8. The number of fused-ring (bicyclic) bond motifs is 3. The Labute approximate surface area is 295 Å². The summed E-state index contributed by atoms with van der Waals surface area (Å²) in [5, 5.41) is 3.16. The van der Waals surface area contributed by atoms with Crippen LogP contribution in [0.1, 0.15) is 47.1 Å². The minimum absolute atomic E-state index is 0.0563. The van der Waals surface area contributed by atoms with E-state index < -0.39 is 11.8 Å². The molecule has 4 aromatic rings. The number of hydrogen-bond acceptors (Lipinski definition) is 9. The van der Waals surface area contributed by atoms with Gasteiger partial charge in [-0.05, 0) is 73.7 Å². The van der Waals surface area contributed by atoms with Crippen molar-refractivity contribution >= 4 is 34.8 Å². The number of aromatic nitrogens is 3. The first-order chi connectivity index (χ1) is 24.7. The fourth-order valence-corrected chi connectivity index (χ4v) is 7.77. The molecule has 2 saturated heterocycles. The van der Waals surface area contributed by atoms with E-state index in [4.69, 9.17) is 9.47 Å². The van der Waals surface area contributed by atoms with Crippen molar-refractivity contribution in [2.45, 2.75) is 51.8 Å². The molecule has 5 heterocycles. The Morgan fingerprint density at radius 1 is 1.00 bits per heavy atom. The average Bonchev–Trinajstić information content (AvgIpc) is 3.49. The molecule has 0 unspecified atom stereocenters. The standard InChI is InChI=1S/C38H42FN7O5/c1-24(47)51-23-31-30(18-26(39)19-34(31)46-16-15-45-33-6-4-3-5-25(33)17-35(45)37(46)48)32-20-42(2)38(49)36(41-32)40-27-7-9-28(10-8-27)43-11-13-44(14-12-43)29-21-50-22-29/h7-10,17-20,29H,3-6,11-16,21-23H2,1-2H3,(H,40,41). The lowest BCUT2D eigenvalue weighted by molar-refractivity contribution is -0.142. The van der Waals surface area contributed by atoms with Gasteiger partial charge in [-0.2, -0.15) is 0 Å². The number of benzene rings is 2. The lowest BCUT2D eigenvalue weighted by atomic mass is 9.98. The predicted molar refractivity (Wildman–Crippen MR) is 191 cm³/mol. The highest BCUT2D eigenvalue weighted by Gasteiger charge is 2.33. The molecule has 0 saturated carbocycles. The fraction of sp³-hybridized carbons (Fsp3) is 0.421. The third-order valence-corrected chi connectivity index (χ3v) is 10.6. The molecule has 0 radical (unpaired) electrons. The molecule has 3 aliphatic heterocycles. The van der Waals surface area contributed by atoms with Crippen molar-refractivity contribution in [1.82, 2.24) is 19.0 Å². The predicted octanol–water partition coefficient (Wildman–Crippen LogP) is 4.25. The number of anilines is 4. The van der Waals surface area contributed by atoms with Gasteiger partial charge in [0.15, 0.2) is 5.82 Å². The number of rotatable bonds is 8. The molecule has 2 aromatic carbocycles. The van der Waals surface area contributed by atoms with Crippen molar-refractivity contribution in [2.75, 3.05) is 61.1 Å². The smallest absolute Gasteiger partial charge is 0.302 e. The number of carbonyl (C=O) groups excluding carboxylic acids is 2. The van der Waals surface area contributed by atoms with E-state index in [9.17, 15) is 14.4 Å². The molecule has 1 N–H and O–H groups in total. The first-order valence-corrected chi connectivity index (χ1v) is 17.7. The molecular weight excluding hydrogens is 653 g/mol.